The third kappa shape index (κ3) is 3.47. The monoisotopic (exact) mass is 314 g/mol. The van der Waals surface area contributed by atoms with Gasteiger partial charge in [-0.3, -0.25) is 14.5 Å². The predicted molar refractivity (Wildman–Crippen MR) is 89.7 cm³/mol. The highest BCUT2D eigenvalue weighted by molar-refractivity contribution is 6.05. The van der Waals surface area contributed by atoms with E-state index < -0.39 is 0 Å². The molecule has 4 nitrogen and oxygen atoms in total. The molecule has 0 bridgehead atoms. The van der Waals surface area contributed by atoms with E-state index in [9.17, 15) is 9.59 Å². The van der Waals surface area contributed by atoms with Crippen molar-refractivity contribution in [2.45, 2.75) is 26.7 Å². The Kier molecular flexibility index (Phi) is 4.81. The van der Waals surface area contributed by atoms with Gasteiger partial charge in [0.15, 0.2) is 0 Å². The van der Waals surface area contributed by atoms with Crippen LogP contribution in [0.1, 0.15) is 25.8 Å². The second-order valence-corrected chi connectivity index (χ2v) is 7.22. The molecule has 0 N–H and O–H groups in total. The van der Waals surface area contributed by atoms with Crippen LogP contribution in [0.25, 0.3) is 0 Å². The smallest absolute Gasteiger partial charge is 0.234 e. The minimum absolute atomic E-state index is 0.0444. The van der Waals surface area contributed by atoms with Gasteiger partial charge in [0.25, 0.3) is 0 Å². The highest BCUT2D eigenvalue weighted by Gasteiger charge is 2.51. The van der Waals surface area contributed by atoms with Gasteiger partial charge in [0.2, 0.25) is 11.8 Å². The lowest BCUT2D eigenvalue weighted by Crippen LogP contribution is -2.37. The van der Waals surface area contributed by atoms with Crippen molar-refractivity contribution in [3.63, 3.8) is 0 Å². The summed E-state index contributed by atoms with van der Waals surface area (Å²) in [6, 6.07) is 10.0. The Labute approximate surface area is 138 Å². The maximum absolute atomic E-state index is 12.6. The minimum Gasteiger partial charge on any atom is -0.302 e. The molecule has 2 amide bonds. The number of carbonyl (C=O) groups is 2. The number of likely N-dealkylation sites (tertiary alicyclic amines) is 2. The number of imide groups is 1. The molecule has 4 heteroatoms. The topological polar surface area (TPSA) is 40.6 Å². The van der Waals surface area contributed by atoms with Crippen LogP contribution in [0.5, 0.6) is 0 Å². The Balaban J connectivity index is 1.56. The number of hydrogen-bond donors (Lipinski definition) is 0. The standard InChI is InChI=1S/C19H26N2O2/c1-14(2)8-10-20-12-16-17(13-20)19(23)21(18(16)22)11-9-15-6-4-3-5-7-15/h3-7,14,16-17H,8-13H2,1-2H3/t16-,17+. The third-order valence-corrected chi connectivity index (χ3v) is 5.05. The van der Waals surface area contributed by atoms with Crippen LogP contribution in [0.2, 0.25) is 0 Å². The van der Waals surface area contributed by atoms with E-state index in [-0.39, 0.29) is 23.7 Å². The molecule has 2 aliphatic rings. The van der Waals surface area contributed by atoms with Gasteiger partial charge in [-0.15, -0.1) is 0 Å². The van der Waals surface area contributed by atoms with E-state index in [2.05, 4.69) is 18.7 Å². The van der Waals surface area contributed by atoms with Gasteiger partial charge in [-0.25, -0.2) is 0 Å². The largest absolute Gasteiger partial charge is 0.302 e. The Morgan fingerprint density at radius 1 is 1.00 bits per heavy atom. The highest BCUT2D eigenvalue weighted by atomic mass is 16.2. The first kappa shape index (κ1) is 16.2. The third-order valence-electron chi connectivity index (χ3n) is 5.05. The molecular formula is C19H26N2O2. The van der Waals surface area contributed by atoms with Crippen LogP contribution in [0.3, 0.4) is 0 Å². The molecule has 0 unspecified atom stereocenters. The van der Waals surface area contributed by atoms with Crippen molar-refractivity contribution in [3.05, 3.63) is 35.9 Å². The first-order valence-electron chi connectivity index (χ1n) is 8.67. The van der Waals surface area contributed by atoms with E-state index >= 15 is 0 Å². The minimum atomic E-state index is -0.106. The zero-order valence-electron chi connectivity index (χ0n) is 14.1. The van der Waals surface area contributed by atoms with E-state index in [0.29, 0.717) is 12.5 Å². The maximum Gasteiger partial charge on any atom is 0.234 e. The van der Waals surface area contributed by atoms with Gasteiger partial charge in [-0.05, 0) is 30.9 Å². The molecule has 0 saturated carbocycles. The molecule has 2 fully saturated rings. The number of benzene rings is 1. The number of nitrogens with zero attached hydrogens (tertiary/aromatic N) is 2. The summed E-state index contributed by atoms with van der Waals surface area (Å²) in [5, 5.41) is 0. The van der Waals surface area contributed by atoms with Crippen molar-refractivity contribution in [1.29, 1.82) is 0 Å². The Morgan fingerprint density at radius 3 is 2.17 bits per heavy atom. The Bertz CT molecular complexity index is 546. The Hall–Kier alpha value is -1.68. The SMILES string of the molecule is CC(C)CCN1C[C@@H]2C(=O)N(CCc3ccccc3)C(=O)[C@@H]2C1. The number of amides is 2. The molecule has 0 aliphatic carbocycles. The molecule has 1 aromatic rings. The summed E-state index contributed by atoms with van der Waals surface area (Å²) >= 11 is 0. The van der Waals surface area contributed by atoms with E-state index in [1.807, 2.05) is 30.3 Å². The summed E-state index contributed by atoms with van der Waals surface area (Å²) < 4.78 is 0. The van der Waals surface area contributed by atoms with Crippen molar-refractivity contribution in [1.82, 2.24) is 9.80 Å². The van der Waals surface area contributed by atoms with Crippen LogP contribution in [0, 0.1) is 17.8 Å². The Morgan fingerprint density at radius 2 is 1.61 bits per heavy atom. The first-order valence-corrected chi connectivity index (χ1v) is 8.67. The fourth-order valence-electron chi connectivity index (χ4n) is 3.62. The lowest BCUT2D eigenvalue weighted by molar-refractivity contribution is -0.140. The lowest BCUT2D eigenvalue weighted by atomic mass is 10.00. The molecule has 3 rings (SSSR count). The summed E-state index contributed by atoms with van der Waals surface area (Å²) in [6.07, 6.45) is 1.87. The average molecular weight is 314 g/mol. The van der Waals surface area contributed by atoms with Gasteiger partial charge in [0.05, 0.1) is 11.8 Å². The van der Waals surface area contributed by atoms with Gasteiger partial charge < -0.3 is 4.90 Å². The van der Waals surface area contributed by atoms with Crippen molar-refractivity contribution in [2.75, 3.05) is 26.2 Å². The second-order valence-electron chi connectivity index (χ2n) is 7.22. The molecule has 0 aromatic heterocycles. The summed E-state index contributed by atoms with van der Waals surface area (Å²) in [5.41, 5.74) is 1.17. The van der Waals surface area contributed by atoms with Gasteiger partial charge in [-0.2, -0.15) is 0 Å². The van der Waals surface area contributed by atoms with Crippen molar-refractivity contribution in [3.8, 4) is 0 Å². The van der Waals surface area contributed by atoms with Crippen molar-refractivity contribution >= 4 is 11.8 Å². The van der Waals surface area contributed by atoms with Gasteiger partial charge in [0.1, 0.15) is 0 Å². The zero-order chi connectivity index (χ0) is 16.4. The van der Waals surface area contributed by atoms with Crippen LogP contribution >= 0.6 is 0 Å². The normalized spacial score (nSPS) is 24.7. The number of fused-ring (bicyclic) bond motifs is 1. The highest BCUT2D eigenvalue weighted by Crippen LogP contribution is 2.33. The molecule has 2 atom stereocenters. The summed E-state index contributed by atoms with van der Waals surface area (Å²) in [4.78, 5) is 29.0. The van der Waals surface area contributed by atoms with Crippen LogP contribution in [-0.4, -0.2) is 47.8 Å². The molecule has 2 saturated heterocycles. The van der Waals surface area contributed by atoms with E-state index in [0.717, 1.165) is 32.5 Å². The molecular weight excluding hydrogens is 288 g/mol. The molecule has 2 heterocycles. The van der Waals surface area contributed by atoms with Crippen LogP contribution in [-0.2, 0) is 16.0 Å². The molecule has 23 heavy (non-hydrogen) atoms. The zero-order valence-corrected chi connectivity index (χ0v) is 14.1. The number of rotatable bonds is 6. The molecule has 1 aromatic carbocycles. The summed E-state index contributed by atoms with van der Waals surface area (Å²) in [6.45, 7) is 7.43. The van der Waals surface area contributed by atoms with Crippen LogP contribution in [0.15, 0.2) is 30.3 Å². The quantitative estimate of drug-likeness (QED) is 0.756. The van der Waals surface area contributed by atoms with E-state index in [1.54, 1.807) is 0 Å². The second kappa shape index (κ2) is 6.83. The number of hydrogen-bond acceptors (Lipinski definition) is 3. The van der Waals surface area contributed by atoms with Crippen molar-refractivity contribution in [2.24, 2.45) is 17.8 Å². The fraction of sp³-hybridized carbons (Fsp3) is 0.579. The van der Waals surface area contributed by atoms with Gasteiger partial charge in [0, 0.05) is 19.6 Å². The molecule has 0 radical (unpaired) electrons. The molecule has 124 valence electrons. The van der Waals surface area contributed by atoms with Crippen LogP contribution in [0.4, 0.5) is 0 Å². The summed E-state index contributed by atoms with van der Waals surface area (Å²) in [7, 11) is 0. The van der Waals surface area contributed by atoms with E-state index in [1.165, 1.54) is 10.5 Å². The lowest BCUT2D eigenvalue weighted by Gasteiger charge is -2.21. The maximum atomic E-state index is 12.6. The van der Waals surface area contributed by atoms with Crippen molar-refractivity contribution < 1.29 is 9.59 Å². The van der Waals surface area contributed by atoms with Crippen LogP contribution < -0.4 is 0 Å². The van der Waals surface area contributed by atoms with Gasteiger partial charge in [-0.1, -0.05) is 44.2 Å². The predicted octanol–water partition coefficient (Wildman–Crippen LogP) is 2.19. The average Bonchev–Trinajstić information content (AvgIpc) is 3.05. The van der Waals surface area contributed by atoms with Gasteiger partial charge >= 0.3 is 0 Å². The summed E-state index contributed by atoms with van der Waals surface area (Å²) in [5.74, 6) is 0.533. The fourth-order valence-corrected chi connectivity index (χ4v) is 3.62. The number of carbonyl (C=O) groups excluding carboxylic acids is 2. The molecule has 0 spiro atoms. The molecule has 2 aliphatic heterocycles. The first-order chi connectivity index (χ1) is 11.1. The van der Waals surface area contributed by atoms with E-state index in [4.69, 9.17) is 0 Å².